The van der Waals surface area contributed by atoms with Crippen LogP contribution in [0.4, 0.5) is 0 Å². The molecule has 7 nitrogen and oxygen atoms in total. The van der Waals surface area contributed by atoms with Crippen LogP contribution in [0.15, 0.2) is 53.1 Å². The van der Waals surface area contributed by atoms with Gasteiger partial charge >= 0.3 is 5.69 Å². The Kier molecular flexibility index (Phi) is 4.39. The van der Waals surface area contributed by atoms with E-state index in [-0.39, 0.29) is 12.1 Å². The molecule has 140 valence electrons. The Morgan fingerprint density at radius 2 is 1.85 bits per heavy atom. The number of hydrogen-bond acceptors (Lipinski definition) is 3. The Balaban J connectivity index is 2.59. The quantitative estimate of drug-likeness (QED) is 0.515. The van der Waals surface area contributed by atoms with Crippen LogP contribution >= 0.6 is 0 Å². The fourth-order valence-electron chi connectivity index (χ4n) is 3.32. The van der Waals surface area contributed by atoms with Gasteiger partial charge in [-0.2, -0.15) is 4.98 Å². The molecule has 0 unspecified atom stereocenters. The lowest BCUT2D eigenvalue weighted by atomic mass is 10.2. The molecule has 0 radical (unpaired) electrons. The smallest absolute Gasteiger partial charge is 0.283 e. The van der Waals surface area contributed by atoms with Gasteiger partial charge in [-0.25, -0.2) is 4.79 Å². The van der Waals surface area contributed by atoms with Gasteiger partial charge in [0, 0.05) is 30.7 Å². The largest absolute Gasteiger partial charge is 0.332 e. The lowest BCUT2D eigenvalue weighted by Gasteiger charge is -2.08. The highest BCUT2D eigenvalue weighted by atomic mass is 16.2. The van der Waals surface area contributed by atoms with E-state index in [4.69, 9.17) is 0 Å². The molecule has 0 saturated heterocycles. The van der Waals surface area contributed by atoms with E-state index in [1.165, 1.54) is 10.6 Å². The van der Waals surface area contributed by atoms with Crippen molar-refractivity contribution in [2.24, 2.45) is 7.05 Å². The molecule has 0 aliphatic heterocycles. The van der Waals surface area contributed by atoms with Crippen molar-refractivity contribution in [3.05, 3.63) is 75.8 Å². The van der Waals surface area contributed by atoms with Crippen LogP contribution in [0.5, 0.6) is 0 Å². The number of allylic oxidation sites excluding steroid dienone is 5. The maximum Gasteiger partial charge on any atom is 0.332 e. The van der Waals surface area contributed by atoms with Crippen molar-refractivity contribution < 1.29 is 0 Å². The predicted octanol–water partition coefficient (Wildman–Crippen LogP) is 2.56. The lowest BCUT2D eigenvalue weighted by molar-refractivity contribution is 0.667. The molecule has 3 aromatic rings. The average molecular weight is 365 g/mol. The van der Waals surface area contributed by atoms with Crippen LogP contribution < -0.4 is 11.2 Å². The summed E-state index contributed by atoms with van der Waals surface area (Å²) >= 11 is 0. The molecule has 3 rings (SSSR count). The Bertz CT molecular complexity index is 1270. The Hall–Kier alpha value is -3.35. The third-order valence-corrected chi connectivity index (χ3v) is 4.69. The van der Waals surface area contributed by atoms with Gasteiger partial charge in [0.05, 0.1) is 0 Å². The van der Waals surface area contributed by atoms with Crippen LogP contribution in [-0.4, -0.2) is 23.1 Å². The number of nitrogens with zero attached hydrogens (tertiary/aromatic N) is 5. The first-order valence-electron chi connectivity index (χ1n) is 8.55. The molecule has 27 heavy (non-hydrogen) atoms. The van der Waals surface area contributed by atoms with E-state index < -0.39 is 5.69 Å². The minimum atomic E-state index is -0.421. The van der Waals surface area contributed by atoms with E-state index >= 15 is 0 Å². The zero-order valence-corrected chi connectivity index (χ0v) is 16.1. The van der Waals surface area contributed by atoms with Gasteiger partial charge in [0.2, 0.25) is 5.78 Å². The number of fused-ring (bicyclic) bond motifs is 3. The lowest BCUT2D eigenvalue weighted by Crippen LogP contribution is -2.39. The maximum atomic E-state index is 13.0. The fourth-order valence-corrected chi connectivity index (χ4v) is 3.32. The van der Waals surface area contributed by atoms with Gasteiger partial charge in [-0.05, 0) is 32.9 Å². The van der Waals surface area contributed by atoms with Gasteiger partial charge in [-0.1, -0.05) is 24.8 Å². The predicted molar refractivity (Wildman–Crippen MR) is 109 cm³/mol. The average Bonchev–Trinajstić information content (AvgIpc) is 3.11. The molecule has 0 N–H and O–H groups in total. The molecule has 0 amide bonds. The van der Waals surface area contributed by atoms with Gasteiger partial charge < -0.3 is 0 Å². The van der Waals surface area contributed by atoms with Crippen molar-refractivity contribution in [1.29, 1.82) is 0 Å². The first kappa shape index (κ1) is 18.4. The van der Waals surface area contributed by atoms with E-state index in [1.54, 1.807) is 17.5 Å². The van der Waals surface area contributed by atoms with E-state index in [0.29, 0.717) is 16.9 Å². The zero-order valence-electron chi connectivity index (χ0n) is 16.1. The van der Waals surface area contributed by atoms with Crippen molar-refractivity contribution in [3.8, 4) is 0 Å². The second-order valence-electron chi connectivity index (χ2n) is 6.59. The van der Waals surface area contributed by atoms with Crippen LogP contribution in [0, 0.1) is 13.8 Å². The van der Waals surface area contributed by atoms with Crippen molar-refractivity contribution in [2.75, 3.05) is 0 Å². The molecule has 3 aromatic heterocycles. The van der Waals surface area contributed by atoms with Crippen LogP contribution in [-0.2, 0) is 13.6 Å². The molecule has 0 atom stereocenters. The molecule has 0 aromatic carbocycles. The summed E-state index contributed by atoms with van der Waals surface area (Å²) in [6.07, 6.45) is 5.14. The van der Waals surface area contributed by atoms with Gasteiger partial charge in [0.25, 0.3) is 5.56 Å². The van der Waals surface area contributed by atoms with Crippen LogP contribution in [0.2, 0.25) is 0 Å². The number of imidazole rings is 2. The summed E-state index contributed by atoms with van der Waals surface area (Å²) in [7, 11) is 1.61. The fraction of sp³-hybridized carbons (Fsp3) is 0.250. The molecule has 3 heterocycles. The minimum absolute atomic E-state index is 0.140. The Morgan fingerprint density at radius 3 is 2.41 bits per heavy atom. The number of hydrogen-bond donors (Lipinski definition) is 0. The number of aryl methyl sites for hydroxylation is 2. The van der Waals surface area contributed by atoms with E-state index in [2.05, 4.69) is 24.7 Å². The third kappa shape index (κ3) is 2.54. The van der Waals surface area contributed by atoms with Crippen LogP contribution in [0.1, 0.15) is 18.3 Å². The first-order chi connectivity index (χ1) is 12.7. The van der Waals surface area contributed by atoms with E-state index in [9.17, 15) is 9.59 Å². The molecule has 0 spiro atoms. The normalized spacial score (nSPS) is 12.1. The maximum absolute atomic E-state index is 13.0. The SMILES string of the molecule is C=CCn1c(=O)c2c(nc3n(/C(C=C)=C/C(=C)C)c(C)c(C)n23)n(C)c1=O. The summed E-state index contributed by atoms with van der Waals surface area (Å²) in [6.45, 7) is 17.4. The molecule has 7 heteroatoms. The summed E-state index contributed by atoms with van der Waals surface area (Å²) < 4.78 is 6.26. The topological polar surface area (TPSA) is 66.2 Å². The third-order valence-electron chi connectivity index (χ3n) is 4.69. The second-order valence-corrected chi connectivity index (χ2v) is 6.59. The number of aromatic nitrogens is 5. The molecular weight excluding hydrogens is 342 g/mol. The van der Waals surface area contributed by atoms with E-state index in [0.717, 1.165) is 27.2 Å². The molecule has 0 fully saturated rings. The summed E-state index contributed by atoms with van der Waals surface area (Å²) in [4.78, 5) is 30.2. The van der Waals surface area contributed by atoms with Crippen molar-refractivity contribution in [2.45, 2.75) is 27.3 Å². The highest BCUT2D eigenvalue weighted by Crippen LogP contribution is 2.25. The summed E-state index contributed by atoms with van der Waals surface area (Å²) in [6, 6.07) is 0. The Labute approximate surface area is 156 Å². The first-order valence-corrected chi connectivity index (χ1v) is 8.55. The van der Waals surface area contributed by atoms with Crippen LogP contribution in [0.25, 0.3) is 22.6 Å². The molecule has 0 bridgehead atoms. The highest BCUT2D eigenvalue weighted by molar-refractivity contribution is 5.79. The highest BCUT2D eigenvalue weighted by Gasteiger charge is 2.23. The Morgan fingerprint density at radius 1 is 1.19 bits per heavy atom. The second kappa shape index (κ2) is 6.42. The molecule has 0 aliphatic rings. The van der Waals surface area contributed by atoms with Crippen molar-refractivity contribution in [3.63, 3.8) is 0 Å². The monoisotopic (exact) mass is 365 g/mol. The van der Waals surface area contributed by atoms with Gasteiger partial charge in [0.15, 0.2) is 11.2 Å². The summed E-state index contributed by atoms with van der Waals surface area (Å²) in [5.41, 5.74) is 3.36. The van der Waals surface area contributed by atoms with Gasteiger partial charge in [0.1, 0.15) is 0 Å². The molecular formula is C20H23N5O2. The van der Waals surface area contributed by atoms with Gasteiger partial charge in [-0.15, -0.1) is 6.58 Å². The van der Waals surface area contributed by atoms with Crippen molar-refractivity contribution >= 4 is 22.6 Å². The zero-order chi connectivity index (χ0) is 20.0. The molecule has 0 aliphatic carbocycles. The van der Waals surface area contributed by atoms with Gasteiger partial charge in [-0.3, -0.25) is 22.9 Å². The van der Waals surface area contributed by atoms with Crippen molar-refractivity contribution in [1.82, 2.24) is 23.1 Å². The summed E-state index contributed by atoms with van der Waals surface area (Å²) in [5.74, 6) is 0.552. The molecule has 0 saturated carbocycles. The van der Waals surface area contributed by atoms with E-state index in [1.807, 2.05) is 31.4 Å². The standard InChI is InChI=1S/C20H23N5O2/c1-8-10-23-18(26)16-17(22(7)20(23)27)21-19-24(13(5)14(6)25(16)19)15(9-2)11-12(3)4/h8-9,11H,1-3,10H2,4-7H3/b15-11+. The number of rotatable bonds is 5. The summed E-state index contributed by atoms with van der Waals surface area (Å²) in [5, 5.41) is 0. The van der Waals surface area contributed by atoms with Crippen LogP contribution in [0.3, 0.4) is 0 Å². The minimum Gasteiger partial charge on any atom is -0.283 e.